The first kappa shape index (κ1) is 25.4. The van der Waals surface area contributed by atoms with Crippen molar-refractivity contribution in [2.45, 2.75) is 12.5 Å². The van der Waals surface area contributed by atoms with Crippen LogP contribution >= 0.6 is 24.8 Å². The summed E-state index contributed by atoms with van der Waals surface area (Å²) < 4.78 is 5.53. The van der Waals surface area contributed by atoms with Crippen LogP contribution in [-0.2, 0) is 15.1 Å². The van der Waals surface area contributed by atoms with E-state index in [1.807, 2.05) is 36.4 Å². The molecule has 2 aromatic rings. The van der Waals surface area contributed by atoms with Gasteiger partial charge in [0.05, 0.1) is 0 Å². The van der Waals surface area contributed by atoms with Crippen molar-refractivity contribution in [1.29, 1.82) is 0 Å². The number of aliphatic hydroxyl groups is 1. The summed E-state index contributed by atoms with van der Waals surface area (Å²) in [6.45, 7) is 8.25. The van der Waals surface area contributed by atoms with Crippen molar-refractivity contribution in [3.05, 3.63) is 71.8 Å². The summed E-state index contributed by atoms with van der Waals surface area (Å²) >= 11 is 0. The Bertz CT molecular complexity index is 684. The van der Waals surface area contributed by atoms with Crippen LogP contribution in [0.2, 0.25) is 0 Å². The van der Waals surface area contributed by atoms with E-state index in [0.717, 1.165) is 32.7 Å². The van der Waals surface area contributed by atoms with Gasteiger partial charge < -0.3 is 14.7 Å². The molecule has 1 aliphatic heterocycles. The van der Waals surface area contributed by atoms with E-state index in [0.29, 0.717) is 17.7 Å². The van der Waals surface area contributed by atoms with Crippen molar-refractivity contribution in [3.8, 4) is 0 Å². The number of hydrogen-bond acceptors (Lipinski definition) is 5. The minimum Gasteiger partial charge on any atom is -0.462 e. The number of nitrogens with zero attached hydrogens (tertiary/aromatic N) is 2. The van der Waals surface area contributed by atoms with Gasteiger partial charge >= 0.3 is 5.97 Å². The molecule has 0 atom stereocenters. The molecule has 0 unspecified atom stereocenters. The van der Waals surface area contributed by atoms with Gasteiger partial charge in [-0.05, 0) is 17.7 Å². The molecule has 0 aliphatic carbocycles. The van der Waals surface area contributed by atoms with E-state index < -0.39 is 11.6 Å². The molecular formula is C22H30Cl2N2O3. The van der Waals surface area contributed by atoms with E-state index in [-0.39, 0.29) is 31.4 Å². The van der Waals surface area contributed by atoms with Gasteiger partial charge in [0, 0.05) is 32.7 Å². The normalized spacial score (nSPS) is 15.1. The highest BCUT2D eigenvalue weighted by molar-refractivity contribution is 5.86. The lowest BCUT2D eigenvalue weighted by Crippen LogP contribution is -2.47. The van der Waals surface area contributed by atoms with Crippen molar-refractivity contribution >= 4 is 30.8 Å². The number of likely N-dealkylation sites (N-methyl/N-ethyl adjacent to an activating group) is 1. The van der Waals surface area contributed by atoms with Crippen LogP contribution in [0.25, 0.3) is 0 Å². The van der Waals surface area contributed by atoms with Crippen LogP contribution in [0.15, 0.2) is 60.7 Å². The van der Waals surface area contributed by atoms with Gasteiger partial charge in [0.15, 0.2) is 0 Å². The zero-order valence-electron chi connectivity index (χ0n) is 16.7. The maximum atomic E-state index is 12.9. The SMILES string of the molecule is CCN1CCN(CCOC(=O)C(O)(c2ccccc2)c2ccccc2)CC1.Cl.Cl. The van der Waals surface area contributed by atoms with Crippen molar-refractivity contribution in [2.75, 3.05) is 45.9 Å². The molecule has 2 aromatic carbocycles. The summed E-state index contributed by atoms with van der Waals surface area (Å²) in [5, 5.41) is 11.3. The lowest BCUT2D eigenvalue weighted by atomic mass is 9.86. The quantitative estimate of drug-likeness (QED) is 0.670. The number of halogens is 2. The number of ether oxygens (including phenoxy) is 1. The van der Waals surface area contributed by atoms with E-state index in [1.165, 1.54) is 0 Å². The Morgan fingerprint density at radius 3 is 1.79 bits per heavy atom. The van der Waals surface area contributed by atoms with E-state index in [1.54, 1.807) is 24.3 Å². The van der Waals surface area contributed by atoms with Crippen molar-refractivity contribution < 1.29 is 14.6 Å². The Morgan fingerprint density at radius 1 is 0.897 bits per heavy atom. The molecule has 0 aromatic heterocycles. The second-order valence-electron chi connectivity index (χ2n) is 6.85. The summed E-state index contributed by atoms with van der Waals surface area (Å²) in [6, 6.07) is 17.9. The molecule has 0 spiro atoms. The molecule has 0 bridgehead atoms. The molecule has 1 heterocycles. The van der Waals surface area contributed by atoms with Crippen LogP contribution in [0.3, 0.4) is 0 Å². The van der Waals surface area contributed by atoms with Gasteiger partial charge in [-0.1, -0.05) is 67.6 Å². The van der Waals surface area contributed by atoms with E-state index in [9.17, 15) is 9.90 Å². The van der Waals surface area contributed by atoms with Crippen molar-refractivity contribution in [3.63, 3.8) is 0 Å². The number of carbonyl (C=O) groups excluding carboxylic acids is 1. The number of esters is 1. The summed E-state index contributed by atoms with van der Waals surface area (Å²) in [7, 11) is 0. The summed E-state index contributed by atoms with van der Waals surface area (Å²) in [5.41, 5.74) is -0.779. The van der Waals surface area contributed by atoms with Gasteiger partial charge in [-0.3, -0.25) is 4.90 Å². The van der Waals surface area contributed by atoms with Gasteiger partial charge in [0.25, 0.3) is 0 Å². The molecule has 0 saturated carbocycles. The molecule has 1 N–H and O–H groups in total. The minimum atomic E-state index is -1.80. The number of benzene rings is 2. The highest BCUT2D eigenvalue weighted by Gasteiger charge is 2.41. The number of rotatable bonds is 7. The molecule has 0 radical (unpaired) electrons. The Morgan fingerprint density at radius 2 is 1.34 bits per heavy atom. The third-order valence-electron chi connectivity index (χ3n) is 5.23. The van der Waals surface area contributed by atoms with Crippen LogP contribution in [-0.4, -0.2) is 66.8 Å². The van der Waals surface area contributed by atoms with E-state index >= 15 is 0 Å². The smallest absolute Gasteiger partial charge is 0.347 e. The van der Waals surface area contributed by atoms with Crippen LogP contribution in [0, 0.1) is 0 Å². The molecule has 3 rings (SSSR count). The van der Waals surface area contributed by atoms with Crippen LogP contribution in [0.4, 0.5) is 0 Å². The summed E-state index contributed by atoms with van der Waals surface area (Å²) in [5.74, 6) is -0.632. The van der Waals surface area contributed by atoms with Crippen LogP contribution in [0.1, 0.15) is 18.1 Å². The molecule has 0 amide bonds. The van der Waals surface area contributed by atoms with Crippen molar-refractivity contribution in [2.24, 2.45) is 0 Å². The van der Waals surface area contributed by atoms with E-state index in [4.69, 9.17) is 4.74 Å². The zero-order chi connectivity index (χ0) is 19.1. The van der Waals surface area contributed by atoms with Crippen LogP contribution < -0.4 is 0 Å². The van der Waals surface area contributed by atoms with Gasteiger partial charge in [0.1, 0.15) is 6.61 Å². The van der Waals surface area contributed by atoms with E-state index in [2.05, 4.69) is 16.7 Å². The number of carbonyl (C=O) groups is 1. The average molecular weight is 441 g/mol. The molecule has 1 aliphatic rings. The topological polar surface area (TPSA) is 53.0 Å². The maximum Gasteiger partial charge on any atom is 0.347 e. The molecular weight excluding hydrogens is 411 g/mol. The lowest BCUT2D eigenvalue weighted by Gasteiger charge is -2.34. The molecule has 7 heteroatoms. The largest absolute Gasteiger partial charge is 0.462 e. The van der Waals surface area contributed by atoms with Crippen LogP contribution in [0.5, 0.6) is 0 Å². The number of piperazine rings is 1. The molecule has 5 nitrogen and oxygen atoms in total. The highest BCUT2D eigenvalue weighted by Crippen LogP contribution is 2.31. The van der Waals surface area contributed by atoms with Crippen molar-refractivity contribution in [1.82, 2.24) is 9.80 Å². The molecule has 29 heavy (non-hydrogen) atoms. The fraction of sp³-hybridized carbons (Fsp3) is 0.409. The predicted molar refractivity (Wildman–Crippen MR) is 120 cm³/mol. The Labute approximate surface area is 185 Å². The summed E-state index contributed by atoms with van der Waals surface area (Å²) in [4.78, 5) is 17.6. The third kappa shape index (κ3) is 6.17. The second-order valence-corrected chi connectivity index (χ2v) is 6.85. The molecule has 1 saturated heterocycles. The fourth-order valence-corrected chi connectivity index (χ4v) is 3.46. The average Bonchev–Trinajstić information content (AvgIpc) is 2.74. The minimum absolute atomic E-state index is 0. The van der Waals surface area contributed by atoms with Gasteiger partial charge in [-0.15, -0.1) is 24.8 Å². The fourth-order valence-electron chi connectivity index (χ4n) is 3.46. The van der Waals surface area contributed by atoms with Gasteiger partial charge in [0.2, 0.25) is 5.60 Å². The Kier molecular flexibility index (Phi) is 10.6. The molecule has 1 fully saturated rings. The monoisotopic (exact) mass is 440 g/mol. The zero-order valence-corrected chi connectivity index (χ0v) is 18.3. The first-order chi connectivity index (χ1) is 13.1. The van der Waals surface area contributed by atoms with Gasteiger partial charge in [-0.25, -0.2) is 4.79 Å². The first-order valence-corrected chi connectivity index (χ1v) is 9.60. The standard InChI is InChI=1S/C22H28N2O3.2ClH/c1-2-23-13-15-24(16-14-23)17-18-27-21(25)22(26,19-9-5-3-6-10-19)20-11-7-4-8-12-20;;/h3-12,26H,2,13-18H2,1H3;2*1H. The number of hydrogen-bond donors (Lipinski definition) is 1. The second kappa shape index (κ2) is 12.2. The maximum absolute atomic E-state index is 12.9. The molecule has 160 valence electrons. The van der Waals surface area contributed by atoms with Gasteiger partial charge in [-0.2, -0.15) is 0 Å². The predicted octanol–water partition coefficient (Wildman–Crippen LogP) is 2.95. The Balaban J connectivity index is 0.00000210. The third-order valence-corrected chi connectivity index (χ3v) is 5.23. The first-order valence-electron chi connectivity index (χ1n) is 9.60. The Hall–Kier alpha value is -1.63. The summed E-state index contributed by atoms with van der Waals surface area (Å²) in [6.07, 6.45) is 0. The lowest BCUT2D eigenvalue weighted by molar-refractivity contribution is -0.162. The highest BCUT2D eigenvalue weighted by atomic mass is 35.5.